The summed E-state index contributed by atoms with van der Waals surface area (Å²) in [6.07, 6.45) is 0. The molecule has 8 heteroatoms. The van der Waals surface area contributed by atoms with Gasteiger partial charge in [-0.2, -0.15) is 0 Å². The second-order valence-electron chi connectivity index (χ2n) is 6.79. The van der Waals surface area contributed by atoms with Gasteiger partial charge in [-0.3, -0.25) is 28.6 Å². The van der Waals surface area contributed by atoms with Crippen LogP contribution in [0.25, 0.3) is 32.3 Å². The van der Waals surface area contributed by atoms with E-state index in [0.29, 0.717) is 0 Å². The van der Waals surface area contributed by atoms with Crippen LogP contribution < -0.4 is 33.4 Å². The lowest BCUT2D eigenvalue weighted by Gasteiger charge is -2.08. The van der Waals surface area contributed by atoms with Crippen molar-refractivity contribution in [3.05, 3.63) is 65.4 Å². The molecule has 4 rings (SSSR count). The molecule has 4 N–H and O–H groups in total. The molecule has 0 unspecified atom stereocenters. The molecule has 1 heterocycles. The number of anilines is 2. The lowest BCUT2D eigenvalue weighted by molar-refractivity contribution is 0.319. The zero-order chi connectivity index (χ0) is 19.6. The molecule has 0 aliphatic carbocycles. The van der Waals surface area contributed by atoms with Crippen molar-refractivity contribution in [1.29, 1.82) is 0 Å². The molecule has 0 aliphatic heterocycles. The van der Waals surface area contributed by atoms with E-state index in [1.165, 1.54) is 12.1 Å². The van der Waals surface area contributed by atoms with E-state index in [1.807, 2.05) is 0 Å². The maximum Gasteiger partial charge on any atom is 0.264 e. The molecule has 0 amide bonds. The van der Waals surface area contributed by atoms with E-state index in [2.05, 4.69) is 0 Å². The Balaban J connectivity index is 2.39. The van der Waals surface area contributed by atoms with Gasteiger partial charge in [0.25, 0.3) is 11.1 Å². The van der Waals surface area contributed by atoms with E-state index in [4.69, 9.17) is 11.5 Å². The molecule has 3 aromatic carbocycles. The van der Waals surface area contributed by atoms with Gasteiger partial charge < -0.3 is 11.5 Å². The molecule has 8 nitrogen and oxygen atoms in total. The highest BCUT2D eigenvalue weighted by Gasteiger charge is 2.25. The van der Waals surface area contributed by atoms with Crippen molar-refractivity contribution in [2.75, 3.05) is 25.6 Å². The minimum atomic E-state index is -0.630. The first-order chi connectivity index (χ1) is 12.8. The molecule has 0 saturated heterocycles. The first kappa shape index (κ1) is 16.9. The Labute approximate surface area is 151 Å². The maximum absolute atomic E-state index is 13.0. The highest BCUT2D eigenvalue weighted by molar-refractivity contribution is 6.20. The highest BCUT2D eigenvalue weighted by Crippen LogP contribution is 2.31. The fourth-order valence-electron chi connectivity index (χ4n) is 3.63. The number of hydrogen-bond donors (Lipinski definition) is 2. The van der Waals surface area contributed by atoms with Gasteiger partial charge in [0.05, 0.1) is 39.6 Å². The molecule has 0 radical (unpaired) electrons. The Morgan fingerprint density at radius 3 is 1.56 bits per heavy atom. The number of aromatic nitrogens is 1. The quantitative estimate of drug-likeness (QED) is 0.290. The molecule has 1 aromatic heterocycles. The van der Waals surface area contributed by atoms with Crippen molar-refractivity contribution in [3.63, 3.8) is 0 Å². The van der Waals surface area contributed by atoms with Gasteiger partial charge in [0.15, 0.2) is 10.9 Å². The van der Waals surface area contributed by atoms with E-state index < -0.39 is 22.0 Å². The van der Waals surface area contributed by atoms with E-state index in [1.54, 1.807) is 31.1 Å². The van der Waals surface area contributed by atoms with Crippen LogP contribution in [0.4, 0.5) is 11.4 Å². The number of fused-ring (bicyclic) bond motifs is 3. The summed E-state index contributed by atoms with van der Waals surface area (Å²) in [6.45, 7) is 0.0258. The first-order valence-corrected chi connectivity index (χ1v) is 8.20. The van der Waals surface area contributed by atoms with Crippen LogP contribution in [-0.2, 0) is 6.67 Å². The summed E-state index contributed by atoms with van der Waals surface area (Å²) in [4.78, 5) is 53.1. The Bertz CT molecular complexity index is 1370. The number of nitrogens with zero attached hydrogens (tertiary/aromatic N) is 2. The summed E-state index contributed by atoms with van der Waals surface area (Å²) in [7, 11) is 3.40. The Kier molecular flexibility index (Phi) is 3.44. The van der Waals surface area contributed by atoms with Gasteiger partial charge in [0, 0.05) is 10.8 Å². The van der Waals surface area contributed by atoms with Gasteiger partial charge >= 0.3 is 0 Å². The van der Waals surface area contributed by atoms with Crippen LogP contribution in [0, 0.1) is 0 Å². The van der Waals surface area contributed by atoms with Gasteiger partial charge in [-0.05, 0) is 14.1 Å². The number of nitrogen functional groups attached to an aromatic ring is 2. The van der Waals surface area contributed by atoms with E-state index >= 15 is 0 Å². The van der Waals surface area contributed by atoms with Crippen LogP contribution in [0.15, 0.2) is 43.4 Å². The molecule has 0 atom stereocenters. The molecule has 0 aliphatic rings. The molecule has 27 heavy (non-hydrogen) atoms. The van der Waals surface area contributed by atoms with E-state index in [-0.39, 0.29) is 50.4 Å². The SMILES string of the molecule is CN(C)Cn1c(=O)c2c(N)c3c(=O)c4ccccc4c(=O)c3c(N)c2c1=O. The van der Waals surface area contributed by atoms with Crippen molar-refractivity contribution in [3.8, 4) is 0 Å². The lowest BCUT2D eigenvalue weighted by atomic mass is 9.97. The molecular formula is C19H16N4O4. The van der Waals surface area contributed by atoms with Crippen molar-refractivity contribution in [2.45, 2.75) is 6.67 Å². The molecule has 0 spiro atoms. The number of nitrogens with two attached hydrogens (primary N) is 2. The number of benzene rings is 3. The van der Waals surface area contributed by atoms with Gasteiger partial charge in [-0.25, -0.2) is 0 Å². The first-order valence-electron chi connectivity index (χ1n) is 8.20. The summed E-state index contributed by atoms with van der Waals surface area (Å²) in [5, 5.41) is -0.0474. The average molecular weight is 364 g/mol. The Hall–Kier alpha value is -3.52. The van der Waals surface area contributed by atoms with Crippen molar-refractivity contribution in [2.24, 2.45) is 0 Å². The maximum atomic E-state index is 13.0. The van der Waals surface area contributed by atoms with Crippen molar-refractivity contribution >= 4 is 43.7 Å². The summed E-state index contributed by atoms with van der Waals surface area (Å²) >= 11 is 0. The van der Waals surface area contributed by atoms with Crippen LogP contribution >= 0.6 is 0 Å². The zero-order valence-electron chi connectivity index (χ0n) is 14.7. The van der Waals surface area contributed by atoms with Gasteiger partial charge in [-0.15, -0.1) is 0 Å². The van der Waals surface area contributed by atoms with Crippen LogP contribution in [0.5, 0.6) is 0 Å². The summed E-state index contributed by atoms with van der Waals surface area (Å²) in [5.74, 6) is 0. The normalized spacial score (nSPS) is 12.0. The predicted octanol–water partition coefficient (Wildman–Crippen LogP) is -0.0524. The number of hydrogen-bond acceptors (Lipinski definition) is 7. The molecule has 0 bridgehead atoms. The fraction of sp³-hybridized carbons (Fsp3) is 0.158. The zero-order valence-corrected chi connectivity index (χ0v) is 14.7. The van der Waals surface area contributed by atoms with E-state index in [9.17, 15) is 19.2 Å². The Morgan fingerprint density at radius 1 is 0.778 bits per heavy atom. The lowest BCUT2D eigenvalue weighted by Crippen LogP contribution is -2.32. The summed E-state index contributed by atoms with van der Waals surface area (Å²) < 4.78 is 0.991. The second kappa shape index (κ2) is 5.49. The minimum Gasteiger partial charge on any atom is -0.397 e. The van der Waals surface area contributed by atoms with Crippen molar-refractivity contribution < 1.29 is 0 Å². The molecule has 4 aromatic rings. The summed E-state index contributed by atoms with van der Waals surface area (Å²) in [5.41, 5.74) is 9.68. The third kappa shape index (κ3) is 2.07. The second-order valence-corrected chi connectivity index (χ2v) is 6.79. The van der Waals surface area contributed by atoms with E-state index in [0.717, 1.165) is 4.57 Å². The van der Waals surface area contributed by atoms with Gasteiger partial charge in [0.1, 0.15) is 0 Å². The van der Waals surface area contributed by atoms with Crippen molar-refractivity contribution in [1.82, 2.24) is 9.47 Å². The van der Waals surface area contributed by atoms with Crippen LogP contribution in [-0.4, -0.2) is 23.6 Å². The standard InChI is InChI=1S/C19H16N4O4/c1-22(2)7-23-18(26)12-13(19(23)27)15(21)11-10(14(12)20)16(24)8-5-3-4-6-9(8)17(11)25/h3-6H,7,20-21H2,1-2H3. The number of rotatable bonds is 2. The van der Waals surface area contributed by atoms with Crippen LogP contribution in [0.3, 0.4) is 0 Å². The highest BCUT2D eigenvalue weighted by atomic mass is 16.2. The van der Waals surface area contributed by atoms with Crippen LogP contribution in [0.2, 0.25) is 0 Å². The largest absolute Gasteiger partial charge is 0.397 e. The monoisotopic (exact) mass is 364 g/mol. The summed E-state index contributed by atoms with van der Waals surface area (Å²) in [6, 6.07) is 6.31. The predicted molar refractivity (Wildman–Crippen MR) is 107 cm³/mol. The van der Waals surface area contributed by atoms with Crippen LogP contribution in [0.1, 0.15) is 0 Å². The topological polar surface area (TPSA) is 128 Å². The average Bonchev–Trinajstić information content (AvgIpc) is 2.87. The minimum absolute atomic E-state index is 0.0258. The smallest absolute Gasteiger partial charge is 0.264 e. The fourth-order valence-corrected chi connectivity index (χ4v) is 3.63. The van der Waals surface area contributed by atoms with Gasteiger partial charge in [-0.1, -0.05) is 24.3 Å². The molecule has 0 saturated carbocycles. The molecular weight excluding hydrogens is 348 g/mol. The third-order valence-electron chi connectivity index (χ3n) is 4.79. The third-order valence-corrected chi connectivity index (χ3v) is 4.79. The Morgan fingerprint density at radius 2 is 1.19 bits per heavy atom. The molecule has 136 valence electrons. The van der Waals surface area contributed by atoms with Gasteiger partial charge in [0.2, 0.25) is 0 Å². The molecule has 0 fully saturated rings.